The number of fused-ring (bicyclic) bond motifs is 7. The zero-order valence-corrected chi connectivity index (χ0v) is 26.3. The Morgan fingerprint density at radius 1 is 0.500 bits per heavy atom. The van der Waals surface area contributed by atoms with Gasteiger partial charge in [0, 0.05) is 65.0 Å². The second kappa shape index (κ2) is 10.7. The molecule has 0 radical (unpaired) electrons. The number of hydrogen-bond donors (Lipinski definition) is 0. The molecule has 10 rings (SSSR count). The number of pyridine rings is 1. The van der Waals surface area contributed by atoms with Crippen LogP contribution in [0.2, 0.25) is 0 Å². The minimum Gasteiger partial charge on any atom is -0.454 e. The van der Waals surface area contributed by atoms with Crippen LogP contribution in [0.3, 0.4) is 0 Å². The third-order valence-corrected chi connectivity index (χ3v) is 10.3. The Balaban J connectivity index is 1.25. The molecule has 0 spiro atoms. The van der Waals surface area contributed by atoms with Crippen molar-refractivity contribution in [3.05, 3.63) is 146 Å². The smallest absolute Gasteiger partial charge is 0.164 e. The van der Waals surface area contributed by atoms with Gasteiger partial charge in [-0.25, -0.2) is 15.0 Å². The molecule has 6 aromatic carbocycles. The van der Waals surface area contributed by atoms with Crippen LogP contribution in [-0.2, 0) is 0 Å². The number of nitrogens with zero attached hydrogens (tertiary/aromatic N) is 4. The molecule has 5 nitrogen and oxygen atoms in total. The second-order valence-corrected chi connectivity index (χ2v) is 12.9. The van der Waals surface area contributed by atoms with E-state index in [1.807, 2.05) is 53.9 Å². The lowest BCUT2D eigenvalue weighted by Gasteiger charge is -2.11. The largest absolute Gasteiger partial charge is 0.454 e. The summed E-state index contributed by atoms with van der Waals surface area (Å²) in [6, 6.07) is 46.2. The number of hydrogen-bond acceptors (Lipinski definition) is 6. The van der Waals surface area contributed by atoms with Crippen LogP contribution in [0.1, 0.15) is 0 Å². The molecule has 6 heteroatoms. The van der Waals surface area contributed by atoms with Crippen molar-refractivity contribution in [2.45, 2.75) is 0 Å². The number of thiophene rings is 1. The lowest BCUT2D eigenvalue weighted by Crippen LogP contribution is -2.00. The Kier molecular flexibility index (Phi) is 5.98. The van der Waals surface area contributed by atoms with Gasteiger partial charge in [0.05, 0.1) is 6.20 Å². The van der Waals surface area contributed by atoms with E-state index in [-0.39, 0.29) is 0 Å². The van der Waals surface area contributed by atoms with Gasteiger partial charge < -0.3 is 4.42 Å². The average Bonchev–Trinajstić information content (AvgIpc) is 3.74. The van der Waals surface area contributed by atoms with Gasteiger partial charge in [-0.3, -0.25) is 4.98 Å². The first-order valence-electron chi connectivity index (χ1n) is 15.8. The topological polar surface area (TPSA) is 64.7 Å². The predicted molar refractivity (Wildman–Crippen MR) is 197 cm³/mol. The minimum atomic E-state index is 0.586. The van der Waals surface area contributed by atoms with E-state index in [4.69, 9.17) is 19.4 Å². The van der Waals surface area contributed by atoms with E-state index in [2.05, 4.69) is 102 Å². The molecule has 0 saturated heterocycles. The van der Waals surface area contributed by atoms with Gasteiger partial charge in [-0.15, -0.1) is 11.3 Å². The van der Waals surface area contributed by atoms with Crippen LogP contribution < -0.4 is 0 Å². The van der Waals surface area contributed by atoms with Gasteiger partial charge >= 0.3 is 0 Å². The summed E-state index contributed by atoms with van der Waals surface area (Å²) in [4.78, 5) is 19.6. The van der Waals surface area contributed by atoms with Gasteiger partial charge in [-0.1, -0.05) is 103 Å². The van der Waals surface area contributed by atoms with Crippen LogP contribution in [0.15, 0.2) is 150 Å². The van der Waals surface area contributed by atoms with Crippen LogP contribution in [0.25, 0.3) is 98.2 Å². The summed E-state index contributed by atoms with van der Waals surface area (Å²) in [5.74, 6) is 1.82. The van der Waals surface area contributed by atoms with Crippen LogP contribution in [0.4, 0.5) is 0 Å². The van der Waals surface area contributed by atoms with Crippen molar-refractivity contribution in [3.8, 4) is 45.3 Å². The SMILES string of the molecule is c1ccc(-c2nc(-c3ccc4ccccc4c3)nc(-c3ccc(-c4cccc5c4sc4ccccc45)c4oc5cnccc5c34)n2)cc1. The molecule has 0 bridgehead atoms. The summed E-state index contributed by atoms with van der Waals surface area (Å²) in [7, 11) is 0. The van der Waals surface area contributed by atoms with Gasteiger partial charge in [0.15, 0.2) is 23.1 Å². The summed E-state index contributed by atoms with van der Waals surface area (Å²) in [6.45, 7) is 0. The van der Waals surface area contributed by atoms with E-state index in [0.717, 1.165) is 55.1 Å². The number of aromatic nitrogens is 4. The first kappa shape index (κ1) is 26.9. The van der Waals surface area contributed by atoms with Gasteiger partial charge in [0.2, 0.25) is 0 Å². The van der Waals surface area contributed by atoms with E-state index >= 15 is 0 Å². The zero-order valence-electron chi connectivity index (χ0n) is 25.5. The fourth-order valence-electron chi connectivity index (χ4n) is 6.76. The van der Waals surface area contributed by atoms with E-state index in [0.29, 0.717) is 17.5 Å². The minimum absolute atomic E-state index is 0.586. The molecule has 4 heterocycles. The van der Waals surface area contributed by atoms with E-state index in [9.17, 15) is 0 Å². The second-order valence-electron chi connectivity index (χ2n) is 11.9. The number of furan rings is 1. The van der Waals surface area contributed by atoms with Crippen molar-refractivity contribution in [2.75, 3.05) is 0 Å². The van der Waals surface area contributed by atoms with Crippen LogP contribution >= 0.6 is 11.3 Å². The molecular weight excluding hydrogens is 609 g/mol. The number of benzene rings is 6. The van der Waals surface area contributed by atoms with Gasteiger partial charge in [0.1, 0.15) is 5.58 Å². The monoisotopic (exact) mass is 632 g/mol. The highest BCUT2D eigenvalue weighted by Crippen LogP contribution is 2.45. The Morgan fingerprint density at radius 3 is 2.17 bits per heavy atom. The standard InChI is InChI=1S/C42H24N4OS/c1-2-10-26(11-3-1)40-44-41(28-18-17-25-9-4-5-12-27(25)23-28)46-42(45-40)34-20-19-30(38-37(34)33-21-22-43-24-35(33)47-38)32-15-8-14-31-29-13-6-7-16-36(29)48-39(31)32/h1-24H. The molecule has 0 saturated carbocycles. The van der Waals surface area contributed by atoms with Crippen molar-refractivity contribution < 1.29 is 4.42 Å². The van der Waals surface area contributed by atoms with Crippen molar-refractivity contribution in [1.82, 2.24) is 19.9 Å². The molecule has 0 fully saturated rings. The molecule has 10 aromatic rings. The van der Waals surface area contributed by atoms with Crippen LogP contribution in [0, 0.1) is 0 Å². The van der Waals surface area contributed by atoms with Crippen LogP contribution in [-0.4, -0.2) is 19.9 Å². The van der Waals surface area contributed by atoms with Gasteiger partial charge in [-0.2, -0.15) is 0 Å². The molecule has 0 aliphatic rings. The maximum absolute atomic E-state index is 6.67. The molecule has 0 unspecified atom stereocenters. The highest BCUT2D eigenvalue weighted by molar-refractivity contribution is 7.26. The van der Waals surface area contributed by atoms with E-state index in [1.165, 1.54) is 25.6 Å². The molecule has 0 N–H and O–H groups in total. The normalized spacial score (nSPS) is 11.8. The Labute approximate surface area is 278 Å². The summed E-state index contributed by atoms with van der Waals surface area (Å²) in [5.41, 5.74) is 6.40. The van der Waals surface area contributed by atoms with Crippen molar-refractivity contribution in [2.24, 2.45) is 0 Å². The van der Waals surface area contributed by atoms with Gasteiger partial charge in [-0.05, 0) is 41.1 Å². The molecule has 0 aliphatic heterocycles. The Morgan fingerprint density at radius 2 is 1.25 bits per heavy atom. The first-order valence-corrected chi connectivity index (χ1v) is 16.6. The van der Waals surface area contributed by atoms with Crippen molar-refractivity contribution in [1.29, 1.82) is 0 Å². The molecule has 224 valence electrons. The summed E-state index contributed by atoms with van der Waals surface area (Å²) < 4.78 is 9.17. The molecule has 48 heavy (non-hydrogen) atoms. The molecule has 0 atom stereocenters. The Bertz CT molecular complexity index is 2860. The maximum atomic E-state index is 6.67. The van der Waals surface area contributed by atoms with Crippen LogP contribution in [0.5, 0.6) is 0 Å². The van der Waals surface area contributed by atoms with Gasteiger partial charge in [0.25, 0.3) is 0 Å². The molecule has 0 aliphatic carbocycles. The highest BCUT2D eigenvalue weighted by Gasteiger charge is 2.22. The lowest BCUT2D eigenvalue weighted by atomic mass is 9.97. The molecular formula is C42H24N4OS. The molecule has 0 amide bonds. The lowest BCUT2D eigenvalue weighted by molar-refractivity contribution is 0.668. The first-order chi connectivity index (χ1) is 23.8. The fraction of sp³-hybridized carbons (Fsp3) is 0. The van der Waals surface area contributed by atoms with Crippen molar-refractivity contribution in [3.63, 3.8) is 0 Å². The van der Waals surface area contributed by atoms with Crippen molar-refractivity contribution >= 4 is 64.2 Å². The highest BCUT2D eigenvalue weighted by atomic mass is 32.1. The van der Waals surface area contributed by atoms with E-state index < -0.39 is 0 Å². The predicted octanol–water partition coefficient (Wildman–Crippen LogP) is 11.4. The quantitative estimate of drug-likeness (QED) is 0.193. The Hall–Kier alpha value is -6.24. The number of rotatable bonds is 4. The van der Waals surface area contributed by atoms with E-state index in [1.54, 1.807) is 6.20 Å². The third kappa shape index (κ3) is 4.24. The summed E-state index contributed by atoms with van der Waals surface area (Å²) >= 11 is 1.81. The third-order valence-electron chi connectivity index (χ3n) is 9.03. The maximum Gasteiger partial charge on any atom is 0.164 e. The zero-order chi connectivity index (χ0) is 31.6. The summed E-state index contributed by atoms with van der Waals surface area (Å²) in [6.07, 6.45) is 3.59. The average molecular weight is 633 g/mol. The molecule has 4 aromatic heterocycles. The summed E-state index contributed by atoms with van der Waals surface area (Å²) in [5, 5.41) is 6.73. The fourth-order valence-corrected chi connectivity index (χ4v) is 7.99.